The van der Waals surface area contributed by atoms with Crippen molar-refractivity contribution in [1.82, 2.24) is 14.6 Å². The molecule has 8 heteroatoms. The highest BCUT2D eigenvalue weighted by Crippen LogP contribution is 2.12. The average molecular weight is 339 g/mol. The Hall–Kier alpha value is -1.38. The quantitative estimate of drug-likeness (QED) is 0.463. The molecule has 0 radical (unpaired) electrons. The van der Waals surface area contributed by atoms with Gasteiger partial charge in [0.05, 0.1) is 12.3 Å². The Morgan fingerprint density at radius 1 is 1.45 bits per heavy atom. The third-order valence-corrected chi connectivity index (χ3v) is 4.70. The van der Waals surface area contributed by atoms with Crippen molar-refractivity contribution in [1.29, 1.82) is 5.41 Å². The zero-order valence-corrected chi connectivity index (χ0v) is 14.3. The maximum atomic E-state index is 8.07. The molecule has 120 valence electrons. The molecule has 0 aliphatic carbocycles. The highest BCUT2D eigenvalue weighted by atomic mass is 32.2. The van der Waals surface area contributed by atoms with Crippen LogP contribution in [0, 0.1) is 5.41 Å². The molecule has 22 heavy (non-hydrogen) atoms. The summed E-state index contributed by atoms with van der Waals surface area (Å²) in [5.74, 6) is 0.501. The molecule has 0 atom stereocenters. The highest BCUT2D eigenvalue weighted by Gasteiger charge is 2.21. The third-order valence-electron chi connectivity index (χ3n) is 3.47. The van der Waals surface area contributed by atoms with Crippen LogP contribution >= 0.6 is 24.2 Å². The van der Waals surface area contributed by atoms with Gasteiger partial charge in [-0.15, -0.1) is 0 Å². The van der Waals surface area contributed by atoms with Crippen molar-refractivity contribution < 1.29 is 4.74 Å². The number of hydrazone groups is 1. The largest absolute Gasteiger partial charge is 0.491 e. The van der Waals surface area contributed by atoms with Crippen LogP contribution in [0.3, 0.4) is 0 Å². The molecule has 2 N–H and O–H groups in total. The smallest absolute Gasteiger partial charge is 0.189 e. The van der Waals surface area contributed by atoms with E-state index in [-0.39, 0.29) is 5.71 Å². The van der Waals surface area contributed by atoms with Gasteiger partial charge in [0, 0.05) is 32.6 Å². The van der Waals surface area contributed by atoms with Gasteiger partial charge in [-0.3, -0.25) is 10.8 Å². The van der Waals surface area contributed by atoms with Crippen molar-refractivity contribution in [2.75, 3.05) is 39.0 Å². The van der Waals surface area contributed by atoms with E-state index in [4.69, 9.17) is 22.4 Å². The van der Waals surface area contributed by atoms with Crippen LogP contribution in [0.4, 0.5) is 0 Å². The molecule has 6 nitrogen and oxygen atoms in total. The van der Waals surface area contributed by atoms with Crippen LogP contribution in [0.15, 0.2) is 29.6 Å². The van der Waals surface area contributed by atoms with Crippen molar-refractivity contribution in [3.05, 3.63) is 24.5 Å². The first-order valence-corrected chi connectivity index (χ1v) is 8.70. The monoisotopic (exact) mass is 339 g/mol. The van der Waals surface area contributed by atoms with E-state index in [0.29, 0.717) is 29.6 Å². The van der Waals surface area contributed by atoms with E-state index in [9.17, 15) is 0 Å². The Morgan fingerprint density at radius 2 is 2.18 bits per heavy atom. The molecule has 2 rings (SSSR count). The van der Waals surface area contributed by atoms with Gasteiger partial charge in [-0.25, -0.2) is 4.31 Å². The fourth-order valence-electron chi connectivity index (χ4n) is 2.21. The summed E-state index contributed by atoms with van der Waals surface area (Å²) in [6.07, 6.45) is 5.97. The summed E-state index contributed by atoms with van der Waals surface area (Å²) in [7, 11) is 0. The molecule has 2 aliphatic heterocycles. The highest BCUT2D eigenvalue weighted by molar-refractivity contribution is 7.96. The van der Waals surface area contributed by atoms with Gasteiger partial charge in [-0.05, 0) is 24.5 Å². The minimum Gasteiger partial charge on any atom is -0.491 e. The van der Waals surface area contributed by atoms with Crippen molar-refractivity contribution in [2.45, 2.75) is 6.42 Å². The first kappa shape index (κ1) is 17.0. The summed E-state index contributed by atoms with van der Waals surface area (Å²) >= 11 is 7.15. The third kappa shape index (κ3) is 4.31. The maximum Gasteiger partial charge on any atom is 0.189 e. The Morgan fingerprint density at radius 3 is 2.82 bits per heavy atom. The van der Waals surface area contributed by atoms with Crippen LogP contribution in [0.25, 0.3) is 0 Å². The second-order valence-corrected chi connectivity index (χ2v) is 6.08. The van der Waals surface area contributed by atoms with Crippen LogP contribution in [0.5, 0.6) is 0 Å². The molecule has 0 aromatic rings. The summed E-state index contributed by atoms with van der Waals surface area (Å²) in [4.78, 5) is 2.11. The van der Waals surface area contributed by atoms with E-state index in [1.807, 2.05) is 0 Å². The number of thiocarbonyl (C=S) groups is 1. The zero-order chi connectivity index (χ0) is 15.9. The van der Waals surface area contributed by atoms with Crippen LogP contribution < -0.4 is 5.43 Å². The summed E-state index contributed by atoms with van der Waals surface area (Å²) in [5, 5.41) is 13.0. The zero-order valence-electron chi connectivity index (χ0n) is 12.7. The Bertz CT molecular complexity index is 509. The van der Waals surface area contributed by atoms with E-state index < -0.39 is 0 Å². The average Bonchev–Trinajstić information content (AvgIpc) is 2.55. The van der Waals surface area contributed by atoms with Crippen LogP contribution in [0.2, 0.25) is 0 Å². The van der Waals surface area contributed by atoms with E-state index in [1.165, 1.54) is 0 Å². The summed E-state index contributed by atoms with van der Waals surface area (Å²) in [5.41, 5.74) is 3.86. The molecule has 0 aromatic carbocycles. The van der Waals surface area contributed by atoms with E-state index in [2.05, 4.69) is 32.6 Å². The SMILES string of the molecule is C=C/C=C1/OCC/C(=N/NC(=S)N2CCN(SC)CC2)C1=N. The molecule has 0 aromatic heterocycles. The van der Waals surface area contributed by atoms with Crippen molar-refractivity contribution in [3.63, 3.8) is 0 Å². The molecular formula is C14H21N5OS2. The molecular weight excluding hydrogens is 318 g/mol. The van der Waals surface area contributed by atoms with Crippen LogP contribution in [0.1, 0.15) is 6.42 Å². The van der Waals surface area contributed by atoms with Gasteiger partial charge in [0.1, 0.15) is 11.5 Å². The minimum absolute atomic E-state index is 0.286. The van der Waals surface area contributed by atoms with Crippen molar-refractivity contribution >= 4 is 40.7 Å². The number of nitrogens with zero attached hydrogens (tertiary/aromatic N) is 3. The van der Waals surface area contributed by atoms with E-state index in [0.717, 1.165) is 26.2 Å². The summed E-state index contributed by atoms with van der Waals surface area (Å²) < 4.78 is 7.72. The lowest BCUT2D eigenvalue weighted by Gasteiger charge is -2.34. The normalized spacial score (nSPS) is 23.5. The first-order chi connectivity index (χ1) is 10.7. The predicted octanol–water partition coefficient (Wildman–Crippen LogP) is 1.62. The molecule has 0 saturated carbocycles. The standard InChI is InChI=1S/C14H21N5OS2/c1-3-4-12-13(15)11(5-10-20-12)16-17-14(21)18-6-8-19(22-2)9-7-18/h3-4,15H,1,5-10H2,2H3,(H,17,21)/b12-4+,15-13?,16-11-. The van der Waals surface area contributed by atoms with Gasteiger partial charge in [0.15, 0.2) is 5.11 Å². The lowest BCUT2D eigenvalue weighted by atomic mass is 10.1. The molecule has 2 fully saturated rings. The number of nitrogens with one attached hydrogen (secondary N) is 2. The minimum atomic E-state index is 0.286. The van der Waals surface area contributed by atoms with Gasteiger partial charge in [0.25, 0.3) is 0 Å². The lowest BCUT2D eigenvalue weighted by Crippen LogP contribution is -2.49. The molecule has 0 unspecified atom stereocenters. The second-order valence-electron chi connectivity index (χ2n) is 4.81. The number of allylic oxidation sites excluding steroid dienone is 3. The Balaban J connectivity index is 1.90. The predicted molar refractivity (Wildman–Crippen MR) is 96.4 cm³/mol. The van der Waals surface area contributed by atoms with Crippen LogP contribution in [-0.2, 0) is 4.74 Å². The van der Waals surface area contributed by atoms with E-state index in [1.54, 1.807) is 24.1 Å². The Kier molecular flexibility index (Phi) is 6.41. The van der Waals surface area contributed by atoms with Gasteiger partial charge in [-0.1, -0.05) is 24.6 Å². The summed E-state index contributed by atoms with van der Waals surface area (Å²) in [6, 6.07) is 0. The molecule has 2 heterocycles. The van der Waals surface area contributed by atoms with Crippen molar-refractivity contribution in [3.8, 4) is 0 Å². The summed E-state index contributed by atoms with van der Waals surface area (Å²) in [6.45, 7) is 7.88. The fourth-order valence-corrected chi connectivity index (χ4v) is 2.96. The molecule has 0 spiro atoms. The maximum absolute atomic E-state index is 8.07. The van der Waals surface area contributed by atoms with Gasteiger partial charge in [0.2, 0.25) is 0 Å². The number of piperazine rings is 1. The number of ether oxygens (including phenoxy) is 1. The second kappa shape index (κ2) is 8.30. The van der Waals surface area contributed by atoms with E-state index >= 15 is 0 Å². The number of rotatable bonds is 3. The molecule has 0 bridgehead atoms. The van der Waals surface area contributed by atoms with Crippen LogP contribution in [-0.4, -0.2) is 64.8 Å². The van der Waals surface area contributed by atoms with Gasteiger partial charge >= 0.3 is 0 Å². The molecule has 2 saturated heterocycles. The molecule has 2 aliphatic rings. The van der Waals surface area contributed by atoms with Gasteiger partial charge in [-0.2, -0.15) is 5.10 Å². The Labute approximate surface area is 140 Å². The number of hydrogen-bond acceptors (Lipinski definition) is 6. The van der Waals surface area contributed by atoms with Crippen molar-refractivity contribution in [2.24, 2.45) is 5.10 Å². The molecule has 0 amide bonds. The fraction of sp³-hybridized carbons (Fsp3) is 0.500. The lowest BCUT2D eigenvalue weighted by molar-refractivity contribution is 0.235. The van der Waals surface area contributed by atoms with Gasteiger partial charge < -0.3 is 9.64 Å². The topological polar surface area (TPSA) is 64.0 Å². The first-order valence-electron chi connectivity index (χ1n) is 7.11. The number of hydrogen-bond donors (Lipinski definition) is 2.